The number of thiazole rings is 1. The van der Waals surface area contributed by atoms with Crippen molar-refractivity contribution in [1.82, 2.24) is 9.71 Å². The minimum Gasteiger partial charge on any atom is -0.235 e. The van der Waals surface area contributed by atoms with Gasteiger partial charge in [0, 0.05) is 6.54 Å². The standard InChI is InChI=1S/C9H10N2OS2/c1-2-10-14(12)9-11-7-5-3-4-6-8(7)13-9/h3-6,10H,2H2,1H3. The van der Waals surface area contributed by atoms with Crippen molar-refractivity contribution in [2.24, 2.45) is 0 Å². The fourth-order valence-corrected chi connectivity index (χ4v) is 3.14. The van der Waals surface area contributed by atoms with Crippen molar-refractivity contribution in [3.63, 3.8) is 0 Å². The molecule has 5 heteroatoms. The smallest absolute Gasteiger partial charge is 0.197 e. The number of hydrogen-bond donors (Lipinski definition) is 1. The summed E-state index contributed by atoms with van der Waals surface area (Å²) >= 11 is 1.47. The molecule has 74 valence electrons. The molecular formula is C9H10N2OS2. The van der Waals surface area contributed by atoms with Gasteiger partial charge in [0.1, 0.15) is 0 Å². The van der Waals surface area contributed by atoms with Crippen LogP contribution in [0.5, 0.6) is 0 Å². The van der Waals surface area contributed by atoms with Crippen LogP contribution in [0.15, 0.2) is 28.6 Å². The Balaban J connectivity index is 2.40. The van der Waals surface area contributed by atoms with Gasteiger partial charge in [-0.25, -0.2) is 13.9 Å². The van der Waals surface area contributed by atoms with Crippen LogP contribution in [-0.4, -0.2) is 15.7 Å². The third-order valence-electron chi connectivity index (χ3n) is 1.71. The summed E-state index contributed by atoms with van der Waals surface area (Å²) in [5.41, 5.74) is 0.916. The van der Waals surface area contributed by atoms with E-state index in [0.29, 0.717) is 10.9 Å². The third-order valence-corrected chi connectivity index (χ3v) is 4.20. The minimum atomic E-state index is -1.16. The molecule has 2 rings (SSSR count). The van der Waals surface area contributed by atoms with Crippen LogP contribution in [0.2, 0.25) is 0 Å². The molecule has 1 atom stereocenters. The van der Waals surface area contributed by atoms with E-state index in [1.807, 2.05) is 31.2 Å². The van der Waals surface area contributed by atoms with Crippen molar-refractivity contribution < 1.29 is 4.21 Å². The molecule has 1 unspecified atom stereocenters. The number of rotatable bonds is 3. The van der Waals surface area contributed by atoms with Crippen LogP contribution in [0.4, 0.5) is 0 Å². The average Bonchev–Trinajstić information content (AvgIpc) is 2.61. The maximum absolute atomic E-state index is 11.6. The Labute approximate surface area is 88.8 Å². The quantitative estimate of drug-likeness (QED) is 0.869. The van der Waals surface area contributed by atoms with Crippen molar-refractivity contribution in [1.29, 1.82) is 0 Å². The molecule has 0 amide bonds. The van der Waals surface area contributed by atoms with Crippen molar-refractivity contribution in [3.8, 4) is 0 Å². The molecule has 2 aromatic rings. The van der Waals surface area contributed by atoms with Gasteiger partial charge in [-0.05, 0) is 12.1 Å². The number of benzene rings is 1. The highest BCUT2D eigenvalue weighted by Crippen LogP contribution is 2.23. The Hall–Kier alpha value is -0.780. The largest absolute Gasteiger partial charge is 0.235 e. The van der Waals surface area contributed by atoms with Crippen LogP contribution in [0.25, 0.3) is 10.2 Å². The predicted molar refractivity (Wildman–Crippen MR) is 59.7 cm³/mol. The zero-order valence-electron chi connectivity index (χ0n) is 7.69. The molecule has 0 aliphatic carbocycles. The number of nitrogens with zero attached hydrogens (tertiary/aromatic N) is 1. The number of fused-ring (bicyclic) bond motifs is 1. The summed E-state index contributed by atoms with van der Waals surface area (Å²) in [5.74, 6) is 0. The fourth-order valence-electron chi connectivity index (χ4n) is 1.12. The van der Waals surface area contributed by atoms with Gasteiger partial charge in [0.2, 0.25) is 0 Å². The molecule has 0 fully saturated rings. The topological polar surface area (TPSA) is 42.0 Å². The predicted octanol–water partition coefficient (Wildman–Crippen LogP) is 1.93. The summed E-state index contributed by atoms with van der Waals surface area (Å²) in [5, 5.41) is 0. The monoisotopic (exact) mass is 226 g/mol. The highest BCUT2D eigenvalue weighted by atomic mass is 32.2. The fraction of sp³-hybridized carbons (Fsp3) is 0.222. The summed E-state index contributed by atoms with van der Waals surface area (Å²) in [6.07, 6.45) is 0. The van der Waals surface area contributed by atoms with Gasteiger partial charge >= 0.3 is 0 Å². The van der Waals surface area contributed by atoms with Crippen LogP contribution >= 0.6 is 11.3 Å². The molecule has 0 aliphatic rings. The van der Waals surface area contributed by atoms with Gasteiger partial charge in [-0.1, -0.05) is 19.1 Å². The van der Waals surface area contributed by atoms with Gasteiger partial charge in [0.15, 0.2) is 15.3 Å². The first-order chi connectivity index (χ1) is 6.81. The van der Waals surface area contributed by atoms with Crippen LogP contribution in [0, 0.1) is 0 Å². The highest BCUT2D eigenvalue weighted by molar-refractivity contribution is 7.85. The maximum atomic E-state index is 11.6. The van der Waals surface area contributed by atoms with E-state index in [1.54, 1.807) is 0 Å². The molecule has 3 nitrogen and oxygen atoms in total. The number of nitrogens with one attached hydrogen (secondary N) is 1. The second-order valence-corrected chi connectivity index (χ2v) is 5.22. The molecule has 1 heterocycles. The van der Waals surface area contributed by atoms with Gasteiger partial charge in [-0.15, -0.1) is 11.3 Å². The lowest BCUT2D eigenvalue weighted by molar-refractivity contribution is 0.673. The van der Waals surface area contributed by atoms with Crippen LogP contribution in [0.3, 0.4) is 0 Å². The number of para-hydroxylation sites is 1. The Morgan fingerprint density at radius 3 is 3.00 bits per heavy atom. The maximum Gasteiger partial charge on any atom is 0.197 e. The summed E-state index contributed by atoms with van der Waals surface area (Å²) < 4.78 is 16.1. The zero-order valence-corrected chi connectivity index (χ0v) is 9.32. The molecule has 0 aliphatic heterocycles. The first-order valence-electron chi connectivity index (χ1n) is 4.32. The van der Waals surface area contributed by atoms with E-state index in [1.165, 1.54) is 11.3 Å². The number of aromatic nitrogens is 1. The molecule has 1 aromatic carbocycles. The van der Waals surface area contributed by atoms with Crippen LogP contribution in [0.1, 0.15) is 6.92 Å². The molecule has 0 bridgehead atoms. The molecule has 0 radical (unpaired) electrons. The summed E-state index contributed by atoms with van der Waals surface area (Å²) in [6.45, 7) is 2.60. The Morgan fingerprint density at radius 2 is 2.29 bits per heavy atom. The second kappa shape index (κ2) is 4.16. The lowest BCUT2D eigenvalue weighted by Gasteiger charge is -1.94. The molecule has 0 saturated carbocycles. The molecule has 1 N–H and O–H groups in total. The highest BCUT2D eigenvalue weighted by Gasteiger charge is 2.08. The lowest BCUT2D eigenvalue weighted by Crippen LogP contribution is -2.15. The third kappa shape index (κ3) is 1.84. The normalized spacial score (nSPS) is 13.2. The lowest BCUT2D eigenvalue weighted by atomic mass is 10.3. The van der Waals surface area contributed by atoms with E-state index in [0.717, 1.165) is 10.2 Å². The summed E-state index contributed by atoms with van der Waals surface area (Å²) in [6, 6.07) is 7.81. The molecular weight excluding hydrogens is 216 g/mol. The van der Waals surface area contributed by atoms with E-state index in [-0.39, 0.29) is 0 Å². The zero-order chi connectivity index (χ0) is 9.97. The van der Waals surface area contributed by atoms with Crippen LogP contribution < -0.4 is 4.72 Å². The van der Waals surface area contributed by atoms with Gasteiger partial charge in [-0.2, -0.15) is 0 Å². The van der Waals surface area contributed by atoms with E-state index < -0.39 is 11.0 Å². The average molecular weight is 226 g/mol. The first-order valence-corrected chi connectivity index (χ1v) is 6.28. The first kappa shape index (κ1) is 9.76. The van der Waals surface area contributed by atoms with Crippen molar-refractivity contribution >= 4 is 32.5 Å². The van der Waals surface area contributed by atoms with Crippen molar-refractivity contribution in [2.75, 3.05) is 6.54 Å². The molecule has 14 heavy (non-hydrogen) atoms. The molecule has 1 aromatic heterocycles. The van der Waals surface area contributed by atoms with Gasteiger partial charge < -0.3 is 0 Å². The van der Waals surface area contributed by atoms with Crippen molar-refractivity contribution in [2.45, 2.75) is 11.3 Å². The second-order valence-electron chi connectivity index (χ2n) is 2.71. The summed E-state index contributed by atoms with van der Waals surface area (Å²) in [4.78, 5) is 4.29. The van der Waals surface area contributed by atoms with Gasteiger partial charge in [0.05, 0.1) is 10.2 Å². The van der Waals surface area contributed by atoms with Crippen molar-refractivity contribution in [3.05, 3.63) is 24.3 Å². The van der Waals surface area contributed by atoms with E-state index >= 15 is 0 Å². The minimum absolute atomic E-state index is 0.646. The molecule has 0 saturated heterocycles. The SMILES string of the molecule is CCNS(=O)c1nc2ccccc2s1. The van der Waals surface area contributed by atoms with Crippen LogP contribution in [-0.2, 0) is 11.0 Å². The van der Waals surface area contributed by atoms with E-state index in [4.69, 9.17) is 0 Å². The Morgan fingerprint density at radius 1 is 1.50 bits per heavy atom. The summed E-state index contributed by atoms with van der Waals surface area (Å²) in [7, 11) is -1.16. The Bertz CT molecular complexity index is 434. The Kier molecular flexibility index (Phi) is 2.90. The molecule has 0 spiro atoms. The van der Waals surface area contributed by atoms with Gasteiger partial charge in [-0.3, -0.25) is 0 Å². The van der Waals surface area contributed by atoms with Gasteiger partial charge in [0.25, 0.3) is 0 Å². The number of hydrogen-bond acceptors (Lipinski definition) is 3. The van der Waals surface area contributed by atoms with E-state index in [9.17, 15) is 4.21 Å². The van der Waals surface area contributed by atoms with E-state index in [2.05, 4.69) is 9.71 Å².